The van der Waals surface area contributed by atoms with E-state index in [1.54, 1.807) is 4.90 Å². The number of halogens is 1. The zero-order chi connectivity index (χ0) is 13.4. The first kappa shape index (κ1) is 18.0. The summed E-state index contributed by atoms with van der Waals surface area (Å²) in [6.45, 7) is 12.8. The van der Waals surface area contributed by atoms with E-state index in [0.29, 0.717) is 0 Å². The maximum atomic E-state index is 5.98. The van der Waals surface area contributed by atoms with Gasteiger partial charge in [0.25, 0.3) is 0 Å². The van der Waals surface area contributed by atoms with E-state index in [9.17, 15) is 0 Å². The van der Waals surface area contributed by atoms with Crippen LogP contribution in [-0.2, 0) is 4.74 Å². The Balaban J connectivity index is 0.00000324. The lowest BCUT2D eigenvalue weighted by molar-refractivity contribution is -0.896. The third-order valence-corrected chi connectivity index (χ3v) is 3.19. The van der Waals surface area contributed by atoms with Crippen molar-refractivity contribution in [1.29, 1.82) is 0 Å². The zero-order valence-corrected chi connectivity index (χ0v) is 13.3. The highest BCUT2D eigenvalue weighted by Crippen LogP contribution is 2.19. The molecule has 0 aliphatic heterocycles. The van der Waals surface area contributed by atoms with E-state index in [1.165, 1.54) is 11.1 Å². The molecule has 1 N–H and O–H groups in total. The van der Waals surface area contributed by atoms with Crippen LogP contribution in [0, 0.1) is 0 Å². The molecule has 3 heteroatoms. The maximum absolute atomic E-state index is 5.98. The molecular weight excluding hydrogens is 258 g/mol. The van der Waals surface area contributed by atoms with Crippen LogP contribution >= 0.6 is 0 Å². The number of hydrogen-bond donors (Lipinski definition) is 1. The first-order valence-electron chi connectivity index (χ1n) is 6.88. The second kappa shape index (κ2) is 9.88. The fraction of sp³-hybridized carbons (Fsp3) is 0.500. The quantitative estimate of drug-likeness (QED) is 0.659. The number of nitrogens with one attached hydrogen (secondary N) is 1. The monoisotopic (exact) mass is 283 g/mol. The molecule has 0 unspecified atom stereocenters. The molecule has 0 fully saturated rings. The zero-order valence-electron chi connectivity index (χ0n) is 12.5. The normalized spacial score (nSPS) is 9.95. The molecule has 19 heavy (non-hydrogen) atoms. The summed E-state index contributed by atoms with van der Waals surface area (Å²) in [7, 11) is 0. The lowest BCUT2D eigenvalue weighted by atomic mass is 10.1. The van der Waals surface area contributed by atoms with E-state index >= 15 is 0 Å². The highest BCUT2D eigenvalue weighted by molar-refractivity contribution is 5.62. The number of ether oxygens (including phenoxy) is 1. The van der Waals surface area contributed by atoms with Gasteiger partial charge in [0.15, 0.2) is 0 Å². The predicted octanol–water partition coefficient (Wildman–Crippen LogP) is -0.617. The van der Waals surface area contributed by atoms with Gasteiger partial charge in [-0.1, -0.05) is 30.3 Å². The average Bonchev–Trinajstić information content (AvgIpc) is 2.39. The van der Waals surface area contributed by atoms with Crippen molar-refractivity contribution in [2.75, 3.05) is 26.2 Å². The van der Waals surface area contributed by atoms with Gasteiger partial charge in [-0.3, -0.25) is 0 Å². The Morgan fingerprint density at radius 1 is 1.05 bits per heavy atom. The van der Waals surface area contributed by atoms with E-state index in [2.05, 4.69) is 52.0 Å². The summed E-state index contributed by atoms with van der Waals surface area (Å²) in [4.78, 5) is 1.58. The van der Waals surface area contributed by atoms with Gasteiger partial charge in [-0.2, -0.15) is 0 Å². The van der Waals surface area contributed by atoms with Crippen LogP contribution in [0.4, 0.5) is 0 Å². The van der Waals surface area contributed by atoms with Crippen molar-refractivity contribution in [1.82, 2.24) is 0 Å². The predicted molar refractivity (Wildman–Crippen MR) is 77.6 cm³/mol. The van der Waals surface area contributed by atoms with Crippen LogP contribution in [-0.4, -0.2) is 26.2 Å². The molecular formula is C16H26ClNO. The van der Waals surface area contributed by atoms with E-state index < -0.39 is 0 Å². The van der Waals surface area contributed by atoms with Gasteiger partial charge in [-0.05, 0) is 33.3 Å². The van der Waals surface area contributed by atoms with Crippen molar-refractivity contribution in [3.63, 3.8) is 0 Å². The number of allylic oxidation sites excluding steroid dienone is 1. The summed E-state index contributed by atoms with van der Waals surface area (Å²) in [6, 6.07) is 10.3. The molecule has 1 aromatic rings. The summed E-state index contributed by atoms with van der Waals surface area (Å²) in [6.07, 6.45) is 0. The number of rotatable bonds is 7. The molecule has 0 saturated heterocycles. The topological polar surface area (TPSA) is 13.7 Å². The van der Waals surface area contributed by atoms with Crippen LogP contribution in [0.2, 0.25) is 0 Å². The Bertz CT molecular complexity index is 368. The molecule has 0 saturated carbocycles. The average molecular weight is 284 g/mol. The van der Waals surface area contributed by atoms with Gasteiger partial charge in [0, 0.05) is 5.56 Å². The molecule has 1 rings (SSSR count). The minimum Gasteiger partial charge on any atom is -1.00 e. The Kier molecular flexibility index (Phi) is 9.36. The first-order chi connectivity index (χ1) is 8.69. The van der Waals surface area contributed by atoms with Crippen molar-refractivity contribution in [2.24, 2.45) is 0 Å². The van der Waals surface area contributed by atoms with Crippen LogP contribution in [0.15, 0.2) is 35.9 Å². The second-order valence-electron chi connectivity index (χ2n) is 4.75. The standard InChI is InChI=1S/C16H25NO.ClH/c1-5-17(6-2)12-13-18-16(14(3)4)15-10-8-7-9-11-15;/h7-11H,5-6,12-13H2,1-4H3;1H. The Hall–Kier alpha value is -0.990. The van der Waals surface area contributed by atoms with Gasteiger partial charge in [-0.25, -0.2) is 0 Å². The van der Waals surface area contributed by atoms with Crippen LogP contribution in [0.3, 0.4) is 0 Å². The number of benzene rings is 1. The van der Waals surface area contributed by atoms with Crippen LogP contribution in [0.5, 0.6) is 0 Å². The van der Waals surface area contributed by atoms with E-state index in [4.69, 9.17) is 4.74 Å². The molecule has 0 heterocycles. The fourth-order valence-corrected chi connectivity index (χ4v) is 2.01. The van der Waals surface area contributed by atoms with Gasteiger partial charge in [0.1, 0.15) is 18.9 Å². The molecule has 0 aliphatic carbocycles. The smallest absolute Gasteiger partial charge is 0.137 e. The minimum atomic E-state index is 0. The summed E-state index contributed by atoms with van der Waals surface area (Å²) in [5.41, 5.74) is 2.41. The largest absolute Gasteiger partial charge is 1.00 e. The van der Waals surface area contributed by atoms with Crippen LogP contribution < -0.4 is 17.3 Å². The Labute approximate surface area is 123 Å². The van der Waals surface area contributed by atoms with Crippen molar-refractivity contribution in [3.05, 3.63) is 41.5 Å². The minimum absolute atomic E-state index is 0. The van der Waals surface area contributed by atoms with E-state index in [1.807, 2.05) is 6.07 Å². The summed E-state index contributed by atoms with van der Waals surface area (Å²) < 4.78 is 5.98. The number of likely N-dealkylation sites (N-methyl/N-ethyl adjacent to an activating group) is 1. The molecule has 2 nitrogen and oxygen atoms in total. The summed E-state index contributed by atoms with van der Waals surface area (Å²) in [5, 5.41) is 0. The summed E-state index contributed by atoms with van der Waals surface area (Å²) in [5.74, 6) is 1.03. The maximum Gasteiger partial charge on any atom is 0.137 e. The lowest BCUT2D eigenvalue weighted by Gasteiger charge is -2.17. The SMILES string of the molecule is CC[NH+](CC)CCOC(=C(C)C)c1ccccc1.[Cl-]. The lowest BCUT2D eigenvalue weighted by Crippen LogP contribution is -3.11. The molecule has 108 valence electrons. The van der Waals surface area contributed by atoms with Gasteiger partial charge in [0.05, 0.1) is 13.1 Å². The molecule has 0 aliphatic rings. The number of hydrogen-bond acceptors (Lipinski definition) is 1. The third-order valence-electron chi connectivity index (χ3n) is 3.19. The van der Waals surface area contributed by atoms with Gasteiger partial charge in [-0.15, -0.1) is 0 Å². The summed E-state index contributed by atoms with van der Waals surface area (Å²) >= 11 is 0. The van der Waals surface area contributed by atoms with Gasteiger partial charge >= 0.3 is 0 Å². The molecule has 0 atom stereocenters. The van der Waals surface area contributed by atoms with E-state index in [0.717, 1.165) is 32.0 Å². The first-order valence-corrected chi connectivity index (χ1v) is 6.88. The Morgan fingerprint density at radius 2 is 1.63 bits per heavy atom. The molecule has 0 aromatic heterocycles. The van der Waals surface area contributed by atoms with Crippen molar-refractivity contribution in [3.8, 4) is 0 Å². The van der Waals surface area contributed by atoms with Gasteiger partial charge in [0.2, 0.25) is 0 Å². The second-order valence-corrected chi connectivity index (χ2v) is 4.75. The van der Waals surface area contributed by atoms with Gasteiger partial charge < -0.3 is 22.0 Å². The van der Waals surface area contributed by atoms with E-state index in [-0.39, 0.29) is 12.4 Å². The highest BCUT2D eigenvalue weighted by atomic mass is 35.5. The molecule has 0 amide bonds. The number of quaternary nitrogens is 1. The Morgan fingerprint density at radius 3 is 2.11 bits per heavy atom. The van der Waals surface area contributed by atoms with Crippen molar-refractivity contribution < 1.29 is 22.0 Å². The van der Waals surface area contributed by atoms with Crippen molar-refractivity contribution >= 4 is 5.76 Å². The highest BCUT2D eigenvalue weighted by Gasteiger charge is 2.07. The van der Waals surface area contributed by atoms with Crippen LogP contribution in [0.1, 0.15) is 33.3 Å². The molecule has 0 spiro atoms. The third kappa shape index (κ3) is 6.13. The molecule has 1 aromatic carbocycles. The molecule has 0 radical (unpaired) electrons. The van der Waals surface area contributed by atoms with Crippen LogP contribution in [0.25, 0.3) is 5.76 Å². The molecule has 0 bridgehead atoms. The van der Waals surface area contributed by atoms with Crippen molar-refractivity contribution in [2.45, 2.75) is 27.7 Å². The fourth-order valence-electron chi connectivity index (χ4n) is 2.01.